The van der Waals surface area contributed by atoms with E-state index < -0.39 is 0 Å². The van der Waals surface area contributed by atoms with E-state index in [-0.39, 0.29) is 0 Å². The molecule has 0 N–H and O–H groups in total. The first kappa shape index (κ1) is 12.5. The number of benzene rings is 2. The maximum Gasteiger partial charge on any atom is 0.186 e. The van der Waals surface area contributed by atoms with Gasteiger partial charge in [0.25, 0.3) is 0 Å². The van der Waals surface area contributed by atoms with Crippen LogP contribution in [-0.4, -0.2) is 23.8 Å². The van der Waals surface area contributed by atoms with E-state index >= 15 is 0 Å². The number of aromatic nitrogens is 2. The number of methoxy groups -OCH3 is 2. The molecule has 1 aromatic heterocycles. The highest BCUT2D eigenvalue weighted by atomic mass is 16.5. The van der Waals surface area contributed by atoms with Gasteiger partial charge in [-0.2, -0.15) is 0 Å². The third-order valence-corrected chi connectivity index (χ3v) is 3.41. The Bertz CT molecular complexity index is 748. The lowest BCUT2D eigenvalue weighted by atomic mass is 10.2. The van der Waals surface area contributed by atoms with E-state index in [4.69, 9.17) is 14.5 Å². The zero-order valence-corrected chi connectivity index (χ0v) is 11.8. The van der Waals surface area contributed by atoms with E-state index in [2.05, 4.69) is 0 Å². The topological polar surface area (TPSA) is 36.3 Å². The van der Waals surface area contributed by atoms with Crippen LogP contribution in [0.1, 0.15) is 0 Å². The van der Waals surface area contributed by atoms with Gasteiger partial charge >= 0.3 is 0 Å². The number of ether oxygens (including phenoxy) is 2. The van der Waals surface area contributed by atoms with Crippen molar-refractivity contribution in [2.75, 3.05) is 14.2 Å². The molecule has 3 aromatic rings. The van der Waals surface area contributed by atoms with Gasteiger partial charge in [0, 0.05) is 12.6 Å². The summed E-state index contributed by atoms with van der Waals surface area (Å²) < 4.78 is 12.9. The molecule has 0 aliphatic carbocycles. The minimum absolute atomic E-state index is 0.710. The molecule has 0 amide bonds. The standard InChI is InChI=1S/C16H16N2O2/c1-18-14-12(9-10-13(19-2)15(14)20-3)17-16(18)11-7-5-4-6-8-11/h4-10H,1-3H3. The summed E-state index contributed by atoms with van der Waals surface area (Å²) in [5.41, 5.74) is 2.90. The van der Waals surface area contributed by atoms with Crippen LogP contribution in [0.4, 0.5) is 0 Å². The Balaban J connectivity index is 2.31. The molecule has 0 atom stereocenters. The Hall–Kier alpha value is -2.49. The van der Waals surface area contributed by atoms with Gasteiger partial charge in [-0.1, -0.05) is 30.3 Å². The summed E-state index contributed by atoms with van der Waals surface area (Å²) in [5, 5.41) is 0. The number of aryl methyl sites for hydroxylation is 1. The Morgan fingerprint density at radius 2 is 1.70 bits per heavy atom. The predicted octanol–water partition coefficient (Wildman–Crippen LogP) is 3.26. The van der Waals surface area contributed by atoms with Crippen LogP contribution in [0.25, 0.3) is 22.4 Å². The number of nitrogens with zero attached hydrogens (tertiary/aromatic N) is 2. The Morgan fingerprint density at radius 1 is 0.950 bits per heavy atom. The van der Waals surface area contributed by atoms with E-state index in [9.17, 15) is 0 Å². The summed E-state index contributed by atoms with van der Waals surface area (Å²) in [6.07, 6.45) is 0. The highest BCUT2D eigenvalue weighted by molar-refractivity contribution is 5.88. The molecule has 0 saturated carbocycles. The number of hydrogen-bond donors (Lipinski definition) is 0. The van der Waals surface area contributed by atoms with E-state index in [1.54, 1.807) is 14.2 Å². The summed E-state index contributed by atoms with van der Waals surface area (Å²) in [6.45, 7) is 0. The molecule has 1 heterocycles. The highest BCUT2D eigenvalue weighted by Crippen LogP contribution is 2.37. The lowest BCUT2D eigenvalue weighted by Gasteiger charge is -2.09. The quantitative estimate of drug-likeness (QED) is 0.731. The molecule has 0 aliphatic rings. The van der Waals surface area contributed by atoms with Crippen molar-refractivity contribution < 1.29 is 9.47 Å². The minimum Gasteiger partial charge on any atom is -0.493 e. The van der Waals surface area contributed by atoms with E-state index in [0.29, 0.717) is 11.5 Å². The second-order valence-corrected chi connectivity index (χ2v) is 4.53. The van der Waals surface area contributed by atoms with Crippen LogP contribution < -0.4 is 9.47 Å². The maximum atomic E-state index is 5.49. The predicted molar refractivity (Wildman–Crippen MR) is 79.3 cm³/mol. The second kappa shape index (κ2) is 4.89. The molecular formula is C16H16N2O2. The largest absolute Gasteiger partial charge is 0.493 e. The minimum atomic E-state index is 0.710. The lowest BCUT2D eigenvalue weighted by molar-refractivity contribution is 0.357. The van der Waals surface area contributed by atoms with E-state index in [1.165, 1.54) is 0 Å². The van der Waals surface area contributed by atoms with Gasteiger partial charge in [-0.3, -0.25) is 0 Å². The molecule has 4 heteroatoms. The van der Waals surface area contributed by atoms with Gasteiger partial charge in [-0.15, -0.1) is 0 Å². The average Bonchev–Trinajstić information content (AvgIpc) is 2.84. The fourth-order valence-corrected chi connectivity index (χ4v) is 2.46. The first-order valence-electron chi connectivity index (χ1n) is 6.39. The fraction of sp³-hybridized carbons (Fsp3) is 0.188. The number of hydrogen-bond acceptors (Lipinski definition) is 3. The third-order valence-electron chi connectivity index (χ3n) is 3.41. The van der Waals surface area contributed by atoms with Gasteiger partial charge in [0.05, 0.1) is 19.7 Å². The van der Waals surface area contributed by atoms with Crippen LogP contribution >= 0.6 is 0 Å². The van der Waals surface area contributed by atoms with Crippen molar-refractivity contribution in [2.24, 2.45) is 7.05 Å². The van der Waals surface area contributed by atoms with Gasteiger partial charge in [0.1, 0.15) is 11.3 Å². The molecule has 0 bridgehead atoms. The summed E-state index contributed by atoms with van der Waals surface area (Å²) >= 11 is 0. The molecule has 2 aromatic carbocycles. The van der Waals surface area contributed by atoms with E-state index in [1.807, 2.05) is 54.1 Å². The number of fused-ring (bicyclic) bond motifs is 1. The summed E-state index contributed by atoms with van der Waals surface area (Å²) in [5.74, 6) is 2.33. The number of imidazole rings is 1. The Kier molecular flexibility index (Phi) is 3.06. The van der Waals surface area contributed by atoms with Crippen LogP contribution in [0.5, 0.6) is 11.5 Å². The van der Waals surface area contributed by atoms with Crippen LogP contribution in [0.2, 0.25) is 0 Å². The third kappa shape index (κ3) is 1.81. The van der Waals surface area contributed by atoms with Crippen molar-refractivity contribution in [1.29, 1.82) is 0 Å². The first-order chi connectivity index (χ1) is 9.76. The summed E-state index contributed by atoms with van der Waals surface area (Å²) in [6, 6.07) is 13.9. The second-order valence-electron chi connectivity index (χ2n) is 4.53. The van der Waals surface area contributed by atoms with Crippen LogP contribution in [0, 0.1) is 0 Å². The molecular weight excluding hydrogens is 252 g/mol. The van der Waals surface area contributed by atoms with Gasteiger partial charge in [-0.25, -0.2) is 4.98 Å². The molecule has 4 nitrogen and oxygen atoms in total. The zero-order chi connectivity index (χ0) is 14.1. The fourth-order valence-electron chi connectivity index (χ4n) is 2.46. The average molecular weight is 268 g/mol. The SMILES string of the molecule is COc1ccc2nc(-c3ccccc3)n(C)c2c1OC. The van der Waals surface area contributed by atoms with Crippen LogP contribution in [0.15, 0.2) is 42.5 Å². The molecule has 0 spiro atoms. The molecule has 0 saturated heterocycles. The van der Waals surface area contributed by atoms with Gasteiger partial charge in [0.2, 0.25) is 0 Å². The Labute approximate surface area is 117 Å². The summed E-state index contributed by atoms with van der Waals surface area (Å²) in [4.78, 5) is 4.69. The van der Waals surface area contributed by atoms with Crippen molar-refractivity contribution in [2.45, 2.75) is 0 Å². The van der Waals surface area contributed by atoms with Gasteiger partial charge in [0.15, 0.2) is 11.5 Å². The van der Waals surface area contributed by atoms with Crippen molar-refractivity contribution in [3.8, 4) is 22.9 Å². The molecule has 0 unspecified atom stereocenters. The summed E-state index contributed by atoms with van der Waals surface area (Å²) in [7, 11) is 5.27. The van der Waals surface area contributed by atoms with Crippen molar-refractivity contribution in [3.05, 3.63) is 42.5 Å². The van der Waals surface area contributed by atoms with Crippen LogP contribution in [0.3, 0.4) is 0 Å². The van der Waals surface area contributed by atoms with Crippen molar-refractivity contribution in [3.63, 3.8) is 0 Å². The van der Waals surface area contributed by atoms with Gasteiger partial charge in [-0.05, 0) is 12.1 Å². The maximum absolute atomic E-state index is 5.49. The highest BCUT2D eigenvalue weighted by Gasteiger charge is 2.16. The first-order valence-corrected chi connectivity index (χ1v) is 6.39. The Morgan fingerprint density at radius 3 is 2.35 bits per heavy atom. The molecule has 102 valence electrons. The van der Waals surface area contributed by atoms with Crippen LogP contribution in [-0.2, 0) is 7.05 Å². The van der Waals surface area contributed by atoms with E-state index in [0.717, 1.165) is 22.4 Å². The van der Waals surface area contributed by atoms with Gasteiger partial charge < -0.3 is 14.0 Å². The lowest BCUT2D eigenvalue weighted by Crippen LogP contribution is -1.96. The molecule has 20 heavy (non-hydrogen) atoms. The molecule has 0 radical (unpaired) electrons. The molecule has 0 fully saturated rings. The van der Waals surface area contributed by atoms with Crippen molar-refractivity contribution >= 4 is 11.0 Å². The number of rotatable bonds is 3. The zero-order valence-electron chi connectivity index (χ0n) is 11.8. The monoisotopic (exact) mass is 268 g/mol. The van der Waals surface area contributed by atoms with Crippen molar-refractivity contribution in [1.82, 2.24) is 9.55 Å². The molecule has 0 aliphatic heterocycles. The normalized spacial score (nSPS) is 10.8. The smallest absolute Gasteiger partial charge is 0.186 e. The molecule has 3 rings (SSSR count).